The molecule has 0 amide bonds. The number of hydrogen-bond donors (Lipinski definition) is 3. The van der Waals surface area contributed by atoms with Gasteiger partial charge in [0.05, 0.1) is 0 Å². The molecule has 3 N–H and O–H groups in total. The smallest absolute Gasteiger partial charge is 0.230 e. The van der Waals surface area contributed by atoms with Crippen molar-refractivity contribution in [1.82, 2.24) is 19.9 Å². The lowest BCUT2D eigenvalue weighted by atomic mass is 10.2. The Morgan fingerprint density at radius 3 is 2.32 bits per heavy atom. The van der Waals surface area contributed by atoms with Crippen LogP contribution >= 0.6 is 0 Å². The first-order valence-corrected chi connectivity index (χ1v) is 9.09. The fraction of sp³-hybridized carbons (Fsp3) is 0.0909. The van der Waals surface area contributed by atoms with Crippen LogP contribution in [0.3, 0.4) is 0 Å². The maximum atomic E-state index is 5.94. The highest BCUT2D eigenvalue weighted by Gasteiger charge is 2.06. The summed E-state index contributed by atoms with van der Waals surface area (Å²) < 4.78 is 5.94. The van der Waals surface area contributed by atoms with Crippen LogP contribution in [-0.4, -0.2) is 19.9 Å². The summed E-state index contributed by atoms with van der Waals surface area (Å²) in [6.45, 7) is 4.08. The van der Waals surface area contributed by atoms with Gasteiger partial charge in [-0.1, -0.05) is 0 Å². The third-order valence-electron chi connectivity index (χ3n) is 4.59. The van der Waals surface area contributed by atoms with E-state index in [-0.39, 0.29) is 0 Å². The Morgan fingerprint density at radius 2 is 1.54 bits per heavy atom. The van der Waals surface area contributed by atoms with Crippen molar-refractivity contribution in [3.63, 3.8) is 0 Å². The van der Waals surface area contributed by atoms with Crippen molar-refractivity contribution in [3.05, 3.63) is 72.2 Å². The topological polar surface area (TPSA) is 78.6 Å². The fourth-order valence-corrected chi connectivity index (χ4v) is 3.38. The summed E-state index contributed by atoms with van der Waals surface area (Å²) in [4.78, 5) is 15.4. The van der Waals surface area contributed by atoms with Crippen molar-refractivity contribution in [2.75, 3.05) is 5.32 Å². The van der Waals surface area contributed by atoms with Crippen LogP contribution in [0.1, 0.15) is 11.4 Å². The zero-order valence-corrected chi connectivity index (χ0v) is 15.6. The number of anilines is 2. The van der Waals surface area contributed by atoms with E-state index in [1.807, 2.05) is 44.2 Å². The summed E-state index contributed by atoms with van der Waals surface area (Å²) in [5.74, 6) is 1.71. The molecule has 5 rings (SSSR count). The van der Waals surface area contributed by atoms with E-state index in [2.05, 4.69) is 43.5 Å². The molecule has 0 aliphatic carbocycles. The first-order valence-electron chi connectivity index (χ1n) is 9.09. The number of nitrogens with one attached hydrogen (secondary N) is 3. The van der Waals surface area contributed by atoms with Crippen LogP contribution < -0.4 is 10.1 Å². The van der Waals surface area contributed by atoms with Crippen molar-refractivity contribution in [2.24, 2.45) is 0 Å². The minimum Gasteiger partial charge on any atom is -0.439 e. The molecule has 6 heteroatoms. The maximum absolute atomic E-state index is 5.94. The number of benzene rings is 2. The standard InChI is InChI=1S/C22H19N5O/c1-13-9-15-11-17(3-5-19(15)24-13)26-22-23-8-7-21(27-22)28-18-4-6-20-16(12-18)10-14(2)25-20/h3-12,24-25H,1-2H3,(H,23,26,27). The van der Waals surface area contributed by atoms with Crippen LogP contribution in [0.4, 0.5) is 11.6 Å². The number of H-pyrrole nitrogens is 2. The van der Waals surface area contributed by atoms with E-state index in [9.17, 15) is 0 Å². The molecule has 2 aromatic carbocycles. The number of rotatable bonds is 4. The van der Waals surface area contributed by atoms with Gasteiger partial charge in [-0.2, -0.15) is 4.98 Å². The number of aryl methyl sites for hydroxylation is 2. The molecule has 3 aromatic heterocycles. The number of ether oxygens (including phenoxy) is 1. The van der Waals surface area contributed by atoms with Crippen LogP contribution in [-0.2, 0) is 0 Å². The zero-order valence-electron chi connectivity index (χ0n) is 15.6. The van der Waals surface area contributed by atoms with Gasteiger partial charge in [0.25, 0.3) is 0 Å². The van der Waals surface area contributed by atoms with Gasteiger partial charge in [-0.3, -0.25) is 0 Å². The van der Waals surface area contributed by atoms with Gasteiger partial charge < -0.3 is 20.0 Å². The SMILES string of the molecule is Cc1cc2cc(Nc3nccc(Oc4ccc5[nH]c(C)cc5c4)n3)ccc2[nH]1. The Kier molecular flexibility index (Phi) is 3.76. The highest BCUT2D eigenvalue weighted by atomic mass is 16.5. The predicted molar refractivity (Wildman–Crippen MR) is 111 cm³/mol. The van der Waals surface area contributed by atoms with Crippen molar-refractivity contribution >= 4 is 33.4 Å². The van der Waals surface area contributed by atoms with E-state index in [1.165, 1.54) is 0 Å². The van der Waals surface area contributed by atoms with Gasteiger partial charge in [0.15, 0.2) is 0 Å². The molecule has 0 unspecified atom stereocenters. The van der Waals surface area contributed by atoms with Crippen LogP contribution in [0.2, 0.25) is 0 Å². The number of aromatic amines is 2. The third kappa shape index (κ3) is 3.16. The molecule has 0 radical (unpaired) electrons. The summed E-state index contributed by atoms with van der Waals surface area (Å²) in [6.07, 6.45) is 1.68. The van der Waals surface area contributed by atoms with Gasteiger partial charge in [0.2, 0.25) is 11.8 Å². The Hall–Kier alpha value is -3.80. The van der Waals surface area contributed by atoms with Crippen LogP contribution in [0.15, 0.2) is 60.8 Å². The second-order valence-corrected chi connectivity index (χ2v) is 6.90. The van der Waals surface area contributed by atoms with E-state index in [0.717, 1.165) is 44.6 Å². The van der Waals surface area contributed by atoms with Gasteiger partial charge in [0, 0.05) is 51.1 Å². The third-order valence-corrected chi connectivity index (χ3v) is 4.59. The van der Waals surface area contributed by atoms with E-state index < -0.39 is 0 Å². The van der Waals surface area contributed by atoms with Crippen molar-refractivity contribution in [3.8, 4) is 11.6 Å². The van der Waals surface area contributed by atoms with E-state index in [1.54, 1.807) is 12.3 Å². The van der Waals surface area contributed by atoms with Crippen LogP contribution in [0.5, 0.6) is 11.6 Å². The van der Waals surface area contributed by atoms with Crippen LogP contribution in [0, 0.1) is 13.8 Å². The molecule has 0 aliphatic rings. The van der Waals surface area contributed by atoms with Crippen molar-refractivity contribution in [1.29, 1.82) is 0 Å². The highest BCUT2D eigenvalue weighted by molar-refractivity contribution is 5.84. The number of aromatic nitrogens is 4. The molecular weight excluding hydrogens is 350 g/mol. The first-order chi connectivity index (χ1) is 13.6. The molecule has 6 nitrogen and oxygen atoms in total. The summed E-state index contributed by atoms with van der Waals surface area (Å²) in [5.41, 5.74) is 5.37. The first kappa shape index (κ1) is 16.4. The lowest BCUT2D eigenvalue weighted by Gasteiger charge is -2.08. The lowest BCUT2D eigenvalue weighted by molar-refractivity contribution is 0.463. The number of fused-ring (bicyclic) bond motifs is 2. The Morgan fingerprint density at radius 1 is 0.821 bits per heavy atom. The Bertz CT molecular complexity index is 1200. The Balaban J connectivity index is 1.38. The molecule has 3 heterocycles. The largest absolute Gasteiger partial charge is 0.439 e. The number of hydrogen-bond acceptors (Lipinski definition) is 4. The molecule has 0 spiro atoms. The average molecular weight is 369 g/mol. The predicted octanol–water partition coefficient (Wildman–Crippen LogP) is 5.59. The fourth-order valence-electron chi connectivity index (χ4n) is 3.38. The van der Waals surface area contributed by atoms with Crippen LogP contribution in [0.25, 0.3) is 21.8 Å². The number of nitrogens with zero attached hydrogens (tertiary/aromatic N) is 2. The minimum absolute atomic E-state index is 0.489. The van der Waals surface area contributed by atoms with E-state index >= 15 is 0 Å². The molecular formula is C22H19N5O. The minimum atomic E-state index is 0.489. The summed E-state index contributed by atoms with van der Waals surface area (Å²) in [7, 11) is 0. The molecule has 0 atom stereocenters. The van der Waals surface area contributed by atoms with Gasteiger partial charge >= 0.3 is 0 Å². The monoisotopic (exact) mass is 369 g/mol. The van der Waals surface area contributed by atoms with Gasteiger partial charge in [0.1, 0.15) is 5.75 Å². The molecule has 138 valence electrons. The highest BCUT2D eigenvalue weighted by Crippen LogP contribution is 2.26. The molecule has 0 saturated carbocycles. The summed E-state index contributed by atoms with van der Waals surface area (Å²) >= 11 is 0. The van der Waals surface area contributed by atoms with Gasteiger partial charge in [-0.05, 0) is 62.4 Å². The summed E-state index contributed by atoms with van der Waals surface area (Å²) in [5, 5.41) is 5.50. The molecule has 0 saturated heterocycles. The normalized spacial score (nSPS) is 11.2. The molecule has 28 heavy (non-hydrogen) atoms. The summed E-state index contributed by atoms with van der Waals surface area (Å²) in [6, 6.07) is 18.0. The molecule has 0 bridgehead atoms. The van der Waals surface area contributed by atoms with E-state index in [0.29, 0.717) is 11.8 Å². The van der Waals surface area contributed by atoms with Crippen molar-refractivity contribution in [2.45, 2.75) is 13.8 Å². The van der Waals surface area contributed by atoms with Gasteiger partial charge in [-0.25, -0.2) is 4.98 Å². The average Bonchev–Trinajstić information content (AvgIpc) is 3.21. The molecule has 0 fully saturated rings. The second-order valence-electron chi connectivity index (χ2n) is 6.90. The maximum Gasteiger partial charge on any atom is 0.230 e. The zero-order chi connectivity index (χ0) is 19.1. The van der Waals surface area contributed by atoms with Crippen molar-refractivity contribution < 1.29 is 4.74 Å². The lowest BCUT2D eigenvalue weighted by Crippen LogP contribution is -1.98. The second kappa shape index (κ2) is 6.42. The van der Waals surface area contributed by atoms with Gasteiger partial charge in [-0.15, -0.1) is 0 Å². The molecule has 0 aliphatic heterocycles. The van der Waals surface area contributed by atoms with E-state index in [4.69, 9.17) is 4.74 Å². The molecule has 5 aromatic rings. The quantitative estimate of drug-likeness (QED) is 0.386. The Labute approximate surface area is 161 Å².